The minimum absolute atomic E-state index is 0.103. The molecule has 1 aliphatic rings. The van der Waals surface area contributed by atoms with E-state index >= 15 is 0 Å². The molecule has 3 rings (SSSR count). The number of sulfone groups is 1. The summed E-state index contributed by atoms with van der Waals surface area (Å²) in [6, 6.07) is 12.3. The number of hydrogen-bond donors (Lipinski definition) is 2. The van der Waals surface area contributed by atoms with Crippen LogP contribution in [-0.4, -0.2) is 37.4 Å². The average Bonchev–Trinajstić information content (AvgIpc) is 2.71. The van der Waals surface area contributed by atoms with Gasteiger partial charge in [0.2, 0.25) is 0 Å². The zero-order valence-corrected chi connectivity index (χ0v) is 13.2. The zero-order chi connectivity index (χ0) is 15.7. The first-order valence-electron chi connectivity index (χ1n) is 6.84. The van der Waals surface area contributed by atoms with Gasteiger partial charge < -0.3 is 10.6 Å². The largest absolute Gasteiger partial charge is 0.333 e. The van der Waals surface area contributed by atoms with E-state index in [1.807, 2.05) is 36.4 Å². The summed E-state index contributed by atoms with van der Waals surface area (Å²) in [4.78, 5) is 12.1. The van der Waals surface area contributed by atoms with E-state index in [0.717, 1.165) is 10.8 Å². The molecule has 22 heavy (non-hydrogen) atoms. The summed E-state index contributed by atoms with van der Waals surface area (Å²) < 4.78 is 23.0. The summed E-state index contributed by atoms with van der Waals surface area (Å²) in [7, 11) is -3.17. The highest BCUT2D eigenvalue weighted by molar-refractivity contribution is 7.91. The molecule has 2 aromatic carbocycles. The number of halogens is 1. The van der Waals surface area contributed by atoms with E-state index in [1.54, 1.807) is 6.07 Å². The van der Waals surface area contributed by atoms with Gasteiger partial charge in [0.05, 0.1) is 28.6 Å². The minimum atomic E-state index is -3.17. The van der Waals surface area contributed by atoms with Crippen LogP contribution in [0.1, 0.15) is 0 Å². The number of fused-ring (bicyclic) bond motifs is 1. The van der Waals surface area contributed by atoms with Crippen LogP contribution in [0.2, 0.25) is 0 Å². The van der Waals surface area contributed by atoms with Crippen LogP contribution in [0.3, 0.4) is 0 Å². The van der Waals surface area contributed by atoms with Crippen LogP contribution >= 0.6 is 11.6 Å². The van der Waals surface area contributed by atoms with Gasteiger partial charge in [0, 0.05) is 5.39 Å². The molecule has 5 nitrogen and oxygen atoms in total. The number of carbonyl (C=O) groups is 1. The molecule has 2 aromatic rings. The van der Waals surface area contributed by atoms with Crippen LogP contribution in [0.4, 0.5) is 10.5 Å². The first-order chi connectivity index (χ1) is 10.4. The summed E-state index contributed by atoms with van der Waals surface area (Å²) >= 11 is 5.98. The number of hydrogen-bond acceptors (Lipinski definition) is 3. The summed E-state index contributed by atoms with van der Waals surface area (Å²) in [6.07, 6.45) is 0. The fraction of sp³-hybridized carbons (Fsp3) is 0.267. The van der Waals surface area contributed by atoms with Crippen molar-refractivity contribution in [3.63, 3.8) is 0 Å². The highest BCUT2D eigenvalue weighted by atomic mass is 35.5. The van der Waals surface area contributed by atoms with Crippen molar-refractivity contribution in [2.45, 2.75) is 11.4 Å². The van der Waals surface area contributed by atoms with Gasteiger partial charge in [-0.3, -0.25) is 0 Å². The third kappa shape index (κ3) is 3.18. The fourth-order valence-corrected chi connectivity index (χ4v) is 5.15. The lowest BCUT2D eigenvalue weighted by Gasteiger charge is -2.16. The molecular weight excluding hydrogens is 324 g/mol. The third-order valence-corrected chi connectivity index (χ3v) is 6.01. The molecule has 0 spiro atoms. The van der Waals surface area contributed by atoms with Crippen molar-refractivity contribution in [2.75, 3.05) is 16.8 Å². The van der Waals surface area contributed by atoms with Crippen molar-refractivity contribution >= 4 is 43.9 Å². The van der Waals surface area contributed by atoms with E-state index in [4.69, 9.17) is 11.6 Å². The molecule has 2 N–H and O–H groups in total. The van der Waals surface area contributed by atoms with Crippen molar-refractivity contribution < 1.29 is 13.2 Å². The molecule has 7 heteroatoms. The van der Waals surface area contributed by atoms with E-state index in [9.17, 15) is 13.2 Å². The zero-order valence-electron chi connectivity index (χ0n) is 11.6. The van der Waals surface area contributed by atoms with Gasteiger partial charge in [0.15, 0.2) is 9.84 Å². The van der Waals surface area contributed by atoms with Gasteiger partial charge in [0.1, 0.15) is 0 Å². The molecule has 0 aliphatic carbocycles. The predicted molar refractivity (Wildman–Crippen MR) is 88.2 cm³/mol. The summed E-state index contributed by atoms with van der Waals surface area (Å²) in [5.41, 5.74) is 0.669. The quantitative estimate of drug-likeness (QED) is 0.825. The first-order valence-corrected chi connectivity index (χ1v) is 9.10. The van der Waals surface area contributed by atoms with Crippen LogP contribution in [-0.2, 0) is 9.84 Å². The Morgan fingerprint density at radius 3 is 2.55 bits per heavy atom. The number of alkyl halides is 1. The van der Waals surface area contributed by atoms with Gasteiger partial charge in [0.25, 0.3) is 0 Å². The van der Waals surface area contributed by atoms with Gasteiger partial charge in [-0.1, -0.05) is 36.4 Å². The van der Waals surface area contributed by atoms with Gasteiger partial charge in [-0.05, 0) is 11.5 Å². The van der Waals surface area contributed by atoms with Crippen LogP contribution in [0.5, 0.6) is 0 Å². The molecule has 0 saturated carbocycles. The maximum Gasteiger partial charge on any atom is 0.319 e. The van der Waals surface area contributed by atoms with E-state index < -0.39 is 27.3 Å². The number of rotatable bonds is 2. The molecule has 1 saturated heterocycles. The van der Waals surface area contributed by atoms with Crippen LogP contribution in [0.15, 0.2) is 42.5 Å². The van der Waals surface area contributed by atoms with Gasteiger partial charge >= 0.3 is 6.03 Å². The van der Waals surface area contributed by atoms with Crippen LogP contribution < -0.4 is 10.6 Å². The Bertz CT molecular complexity index is 817. The third-order valence-electron chi connectivity index (χ3n) is 3.64. The molecule has 0 aromatic heterocycles. The Morgan fingerprint density at radius 1 is 1.09 bits per heavy atom. The summed E-state index contributed by atoms with van der Waals surface area (Å²) in [5, 5.41) is 6.73. The molecule has 0 radical (unpaired) electrons. The van der Waals surface area contributed by atoms with E-state index in [1.165, 1.54) is 0 Å². The second kappa shape index (κ2) is 5.78. The Hall–Kier alpha value is -1.79. The summed E-state index contributed by atoms with van der Waals surface area (Å²) in [6.45, 7) is 0. The lowest BCUT2D eigenvalue weighted by Crippen LogP contribution is -2.42. The maximum absolute atomic E-state index is 12.1. The lowest BCUT2D eigenvalue weighted by atomic mass is 10.1. The Balaban J connectivity index is 1.74. The highest BCUT2D eigenvalue weighted by Gasteiger charge is 2.37. The van der Waals surface area contributed by atoms with Crippen molar-refractivity contribution in [3.8, 4) is 0 Å². The standard InChI is InChI=1S/C15H15ClN2O3S/c16-12-8-22(20,21)9-14(12)18-15(19)17-13-7-3-5-10-4-1-2-6-11(10)13/h1-7,12,14H,8-9H2,(H2,17,18,19). The van der Waals surface area contributed by atoms with E-state index in [0.29, 0.717) is 5.69 Å². The molecule has 1 heterocycles. The molecule has 116 valence electrons. The number of amides is 2. The van der Waals surface area contributed by atoms with E-state index in [-0.39, 0.29) is 11.5 Å². The molecule has 2 unspecified atom stereocenters. The monoisotopic (exact) mass is 338 g/mol. The highest BCUT2D eigenvalue weighted by Crippen LogP contribution is 2.23. The normalized spacial score (nSPS) is 23.3. The fourth-order valence-electron chi connectivity index (χ4n) is 2.60. The minimum Gasteiger partial charge on any atom is -0.333 e. The Morgan fingerprint density at radius 2 is 1.82 bits per heavy atom. The van der Waals surface area contributed by atoms with Gasteiger partial charge in [-0.25, -0.2) is 13.2 Å². The van der Waals surface area contributed by atoms with E-state index in [2.05, 4.69) is 10.6 Å². The second-order valence-corrected chi connectivity index (χ2v) is 8.04. The number of anilines is 1. The number of benzene rings is 2. The molecule has 1 fully saturated rings. The molecular formula is C15H15ClN2O3S. The predicted octanol–water partition coefficient (Wildman–Crippen LogP) is 2.37. The van der Waals surface area contributed by atoms with Crippen molar-refractivity contribution in [1.82, 2.24) is 5.32 Å². The number of carbonyl (C=O) groups excluding carboxylic acids is 1. The molecule has 2 atom stereocenters. The first kappa shape index (κ1) is 15.1. The molecule has 1 aliphatic heterocycles. The summed E-state index contributed by atoms with van der Waals surface area (Å²) in [5.74, 6) is -0.224. The number of urea groups is 1. The van der Waals surface area contributed by atoms with Gasteiger partial charge in [-0.2, -0.15) is 0 Å². The second-order valence-electron chi connectivity index (χ2n) is 5.32. The average molecular weight is 339 g/mol. The lowest BCUT2D eigenvalue weighted by molar-refractivity contribution is 0.249. The Kier molecular flexibility index (Phi) is 3.97. The molecule has 2 amide bonds. The van der Waals surface area contributed by atoms with Crippen LogP contribution in [0, 0.1) is 0 Å². The van der Waals surface area contributed by atoms with Crippen LogP contribution in [0.25, 0.3) is 10.8 Å². The smallest absolute Gasteiger partial charge is 0.319 e. The number of nitrogens with one attached hydrogen (secondary N) is 2. The van der Waals surface area contributed by atoms with Gasteiger partial charge in [-0.15, -0.1) is 11.6 Å². The SMILES string of the molecule is O=C(Nc1cccc2ccccc12)NC1CS(=O)(=O)CC1Cl. The van der Waals surface area contributed by atoms with Crippen molar-refractivity contribution in [2.24, 2.45) is 0 Å². The maximum atomic E-state index is 12.1. The molecule has 0 bridgehead atoms. The topological polar surface area (TPSA) is 75.3 Å². The van der Waals surface area contributed by atoms with Crippen molar-refractivity contribution in [1.29, 1.82) is 0 Å². The van der Waals surface area contributed by atoms with Crippen molar-refractivity contribution in [3.05, 3.63) is 42.5 Å². The Labute approximate surface area is 133 Å².